The molecule has 2 heterocycles. The Kier molecular flexibility index (Phi) is 4.80. The zero-order chi connectivity index (χ0) is 13.0. The molecule has 0 amide bonds. The average Bonchev–Trinajstić information content (AvgIpc) is 2.85. The van der Waals surface area contributed by atoms with Gasteiger partial charge in [-0.1, -0.05) is 0 Å². The molecule has 0 radical (unpaired) electrons. The fourth-order valence-electron chi connectivity index (χ4n) is 2.66. The first-order valence-corrected chi connectivity index (χ1v) is 6.77. The maximum absolute atomic E-state index is 5.44. The second-order valence-electron chi connectivity index (χ2n) is 5.40. The summed E-state index contributed by atoms with van der Waals surface area (Å²) >= 11 is 0. The molecular formula is C14H25N3O. The normalized spacial score (nSPS) is 24.3. The smallest absolute Gasteiger partial charge is 0.105 e. The minimum absolute atomic E-state index is 0.482. The molecule has 1 aliphatic heterocycles. The summed E-state index contributed by atoms with van der Waals surface area (Å²) < 4.78 is 5.44. The van der Waals surface area contributed by atoms with Crippen molar-refractivity contribution in [2.45, 2.75) is 24.9 Å². The minimum atomic E-state index is 0.482. The highest BCUT2D eigenvalue weighted by Gasteiger charge is 2.25. The van der Waals surface area contributed by atoms with Gasteiger partial charge in [0.05, 0.1) is 6.26 Å². The van der Waals surface area contributed by atoms with Crippen LogP contribution in [0.1, 0.15) is 12.2 Å². The highest BCUT2D eigenvalue weighted by molar-refractivity contribution is 5.01. The Morgan fingerprint density at radius 3 is 2.94 bits per heavy atom. The molecule has 0 aliphatic carbocycles. The van der Waals surface area contributed by atoms with E-state index in [0.29, 0.717) is 12.1 Å². The number of nitrogens with zero attached hydrogens (tertiary/aromatic N) is 2. The van der Waals surface area contributed by atoms with Crippen molar-refractivity contribution in [1.82, 2.24) is 15.1 Å². The molecule has 2 rings (SSSR count). The Morgan fingerprint density at radius 1 is 1.44 bits per heavy atom. The van der Waals surface area contributed by atoms with Gasteiger partial charge in [-0.25, -0.2) is 0 Å². The van der Waals surface area contributed by atoms with Crippen LogP contribution in [0.15, 0.2) is 22.8 Å². The maximum atomic E-state index is 5.44. The first-order valence-electron chi connectivity index (χ1n) is 6.77. The number of rotatable bonds is 5. The van der Waals surface area contributed by atoms with Crippen molar-refractivity contribution in [2.75, 3.05) is 40.8 Å². The highest BCUT2D eigenvalue weighted by atomic mass is 16.3. The van der Waals surface area contributed by atoms with Crippen molar-refractivity contribution in [1.29, 1.82) is 0 Å². The predicted molar refractivity (Wildman–Crippen MR) is 73.8 cm³/mol. The van der Waals surface area contributed by atoms with Gasteiger partial charge < -0.3 is 19.5 Å². The SMILES string of the molecule is CNC(Cc1ccco1)CC1CN(C)CCN1C. The second kappa shape index (κ2) is 6.36. The van der Waals surface area contributed by atoms with Gasteiger partial charge in [-0.2, -0.15) is 0 Å². The minimum Gasteiger partial charge on any atom is -0.469 e. The number of hydrogen-bond donors (Lipinski definition) is 1. The van der Waals surface area contributed by atoms with Gasteiger partial charge in [-0.15, -0.1) is 0 Å². The Bertz CT molecular complexity index is 339. The molecule has 1 fully saturated rings. The van der Waals surface area contributed by atoms with E-state index in [1.54, 1.807) is 6.26 Å². The van der Waals surface area contributed by atoms with Crippen LogP contribution in [0.2, 0.25) is 0 Å². The lowest BCUT2D eigenvalue weighted by Gasteiger charge is -2.39. The van der Waals surface area contributed by atoms with Crippen LogP contribution in [-0.4, -0.2) is 62.7 Å². The summed E-state index contributed by atoms with van der Waals surface area (Å²) in [6.45, 7) is 3.50. The molecule has 1 N–H and O–H groups in total. The van der Waals surface area contributed by atoms with Crippen molar-refractivity contribution >= 4 is 0 Å². The van der Waals surface area contributed by atoms with Crippen molar-refractivity contribution in [3.05, 3.63) is 24.2 Å². The highest BCUT2D eigenvalue weighted by Crippen LogP contribution is 2.14. The fraction of sp³-hybridized carbons (Fsp3) is 0.714. The molecule has 1 saturated heterocycles. The quantitative estimate of drug-likeness (QED) is 0.847. The van der Waals surface area contributed by atoms with Crippen LogP contribution in [0.5, 0.6) is 0 Å². The summed E-state index contributed by atoms with van der Waals surface area (Å²) in [4.78, 5) is 4.90. The first-order chi connectivity index (χ1) is 8.69. The lowest BCUT2D eigenvalue weighted by molar-refractivity contribution is 0.101. The van der Waals surface area contributed by atoms with Crippen LogP contribution in [0.25, 0.3) is 0 Å². The molecule has 2 unspecified atom stereocenters. The van der Waals surface area contributed by atoms with Crippen LogP contribution in [0, 0.1) is 0 Å². The Balaban J connectivity index is 1.88. The topological polar surface area (TPSA) is 31.7 Å². The molecular weight excluding hydrogens is 226 g/mol. The molecule has 0 saturated carbocycles. The summed E-state index contributed by atoms with van der Waals surface area (Å²) in [7, 11) is 6.48. The van der Waals surface area contributed by atoms with Gasteiger partial charge in [0.1, 0.15) is 5.76 Å². The molecule has 4 nitrogen and oxygen atoms in total. The van der Waals surface area contributed by atoms with E-state index in [1.165, 1.54) is 13.1 Å². The Hall–Kier alpha value is -0.840. The lowest BCUT2D eigenvalue weighted by atomic mass is 10.00. The first kappa shape index (κ1) is 13.6. The third kappa shape index (κ3) is 3.57. The molecule has 1 aromatic rings. The zero-order valence-corrected chi connectivity index (χ0v) is 11.7. The van der Waals surface area contributed by atoms with Gasteiger partial charge in [0.25, 0.3) is 0 Å². The summed E-state index contributed by atoms with van der Waals surface area (Å²) in [5.74, 6) is 1.07. The van der Waals surface area contributed by atoms with E-state index < -0.39 is 0 Å². The van der Waals surface area contributed by atoms with Crippen LogP contribution in [0.4, 0.5) is 0 Å². The summed E-state index contributed by atoms with van der Waals surface area (Å²) in [5, 5.41) is 3.42. The molecule has 1 aliphatic rings. The van der Waals surface area contributed by atoms with E-state index in [-0.39, 0.29) is 0 Å². The fourth-order valence-corrected chi connectivity index (χ4v) is 2.66. The molecule has 4 heteroatoms. The number of likely N-dealkylation sites (N-methyl/N-ethyl adjacent to an activating group) is 3. The summed E-state index contributed by atoms with van der Waals surface area (Å²) in [6, 6.07) is 5.13. The van der Waals surface area contributed by atoms with Crippen LogP contribution in [0.3, 0.4) is 0 Å². The number of hydrogen-bond acceptors (Lipinski definition) is 4. The Labute approximate surface area is 110 Å². The van der Waals surface area contributed by atoms with Gasteiger partial charge >= 0.3 is 0 Å². The number of furan rings is 1. The Morgan fingerprint density at radius 2 is 2.28 bits per heavy atom. The van der Waals surface area contributed by atoms with Crippen molar-refractivity contribution in [2.24, 2.45) is 0 Å². The largest absolute Gasteiger partial charge is 0.469 e. The van der Waals surface area contributed by atoms with E-state index >= 15 is 0 Å². The van der Waals surface area contributed by atoms with Gasteiger partial charge in [0.2, 0.25) is 0 Å². The molecule has 2 atom stereocenters. The van der Waals surface area contributed by atoms with Crippen molar-refractivity contribution < 1.29 is 4.42 Å². The summed E-state index contributed by atoms with van der Waals surface area (Å²) in [5.41, 5.74) is 0. The van der Waals surface area contributed by atoms with Crippen LogP contribution in [-0.2, 0) is 6.42 Å². The standard InChI is InChI=1S/C14H25N3O/c1-15-12(10-14-5-4-8-18-14)9-13-11-16(2)6-7-17(13)3/h4-5,8,12-13,15H,6-7,9-11H2,1-3H3. The van der Waals surface area contributed by atoms with Gasteiger partial charge in [-0.3, -0.25) is 0 Å². The van der Waals surface area contributed by atoms with Crippen LogP contribution >= 0.6 is 0 Å². The maximum Gasteiger partial charge on any atom is 0.105 e. The van der Waals surface area contributed by atoms with Gasteiger partial charge in [0.15, 0.2) is 0 Å². The second-order valence-corrected chi connectivity index (χ2v) is 5.40. The molecule has 0 spiro atoms. The van der Waals surface area contributed by atoms with Crippen molar-refractivity contribution in [3.8, 4) is 0 Å². The zero-order valence-electron chi connectivity index (χ0n) is 11.7. The number of piperazine rings is 1. The van der Waals surface area contributed by atoms with E-state index in [4.69, 9.17) is 4.42 Å². The summed E-state index contributed by atoms with van der Waals surface area (Å²) in [6.07, 6.45) is 3.89. The van der Waals surface area contributed by atoms with E-state index in [9.17, 15) is 0 Å². The van der Waals surface area contributed by atoms with E-state index in [0.717, 1.165) is 25.1 Å². The lowest BCUT2D eigenvalue weighted by Crippen LogP contribution is -2.52. The average molecular weight is 251 g/mol. The predicted octanol–water partition coefficient (Wildman–Crippen LogP) is 1.05. The monoisotopic (exact) mass is 251 g/mol. The van der Waals surface area contributed by atoms with E-state index in [2.05, 4.69) is 35.3 Å². The molecule has 0 aromatic carbocycles. The number of nitrogens with one attached hydrogen (secondary N) is 1. The van der Waals surface area contributed by atoms with Gasteiger partial charge in [-0.05, 0) is 39.7 Å². The van der Waals surface area contributed by atoms with Crippen LogP contribution < -0.4 is 5.32 Å². The molecule has 1 aromatic heterocycles. The third-order valence-electron chi connectivity index (χ3n) is 3.97. The van der Waals surface area contributed by atoms with E-state index in [1.807, 2.05) is 13.1 Å². The van der Waals surface area contributed by atoms with Gasteiger partial charge in [0, 0.05) is 38.1 Å². The molecule has 0 bridgehead atoms. The molecule has 102 valence electrons. The third-order valence-corrected chi connectivity index (χ3v) is 3.97. The van der Waals surface area contributed by atoms with Crippen molar-refractivity contribution in [3.63, 3.8) is 0 Å². The molecule has 18 heavy (non-hydrogen) atoms.